The lowest BCUT2D eigenvalue weighted by molar-refractivity contribution is -0.160. The number of carboxylic acid groups (broad SMARTS) is 1. The summed E-state index contributed by atoms with van der Waals surface area (Å²) in [5, 5.41) is 11.8. The second kappa shape index (κ2) is 9.51. The molecule has 1 aliphatic heterocycles. The highest BCUT2D eigenvalue weighted by Crippen LogP contribution is 2.44. The van der Waals surface area contributed by atoms with E-state index in [1.165, 1.54) is 11.1 Å². The third kappa shape index (κ3) is 4.85. The summed E-state index contributed by atoms with van der Waals surface area (Å²) in [5.74, 6) is -1.01. The Kier molecular flexibility index (Phi) is 6.54. The minimum atomic E-state index is -1.12. The van der Waals surface area contributed by atoms with Gasteiger partial charge in [-0.05, 0) is 74.6 Å². The number of carbonyl (C=O) groups is 1. The molecule has 5 rings (SSSR count). The first-order chi connectivity index (χ1) is 17.1. The average Bonchev–Trinajstić information content (AvgIpc) is 3.25. The normalized spacial score (nSPS) is 14.6. The van der Waals surface area contributed by atoms with Crippen LogP contribution in [-0.2, 0) is 22.5 Å². The summed E-state index contributed by atoms with van der Waals surface area (Å²) in [7, 11) is 0. The van der Waals surface area contributed by atoms with Crippen LogP contribution in [0.3, 0.4) is 0 Å². The van der Waals surface area contributed by atoms with Crippen molar-refractivity contribution in [2.75, 3.05) is 11.4 Å². The van der Waals surface area contributed by atoms with E-state index in [1.807, 2.05) is 58.0 Å². The van der Waals surface area contributed by atoms with Gasteiger partial charge in [0.1, 0.15) is 0 Å². The lowest BCUT2D eigenvalue weighted by atomic mass is 9.91. The van der Waals surface area contributed by atoms with E-state index in [4.69, 9.17) is 21.3 Å². The number of halogens is 1. The molecule has 5 nitrogen and oxygen atoms in total. The van der Waals surface area contributed by atoms with Crippen LogP contribution < -0.4 is 4.90 Å². The Morgan fingerprint density at radius 3 is 2.50 bits per heavy atom. The summed E-state index contributed by atoms with van der Waals surface area (Å²) in [6, 6.07) is 18.1. The number of hydrogen-bond acceptors (Lipinski definition) is 5. The maximum atomic E-state index is 12.5. The smallest absolute Gasteiger partial charge is 0.337 e. The quantitative estimate of drug-likeness (QED) is 0.296. The van der Waals surface area contributed by atoms with Gasteiger partial charge in [-0.25, -0.2) is 9.78 Å². The number of aliphatic carboxylic acids is 1. The van der Waals surface area contributed by atoms with Crippen molar-refractivity contribution < 1.29 is 14.6 Å². The largest absolute Gasteiger partial charge is 0.479 e. The summed E-state index contributed by atoms with van der Waals surface area (Å²) in [6.45, 7) is 9.26. The molecule has 0 saturated carbocycles. The minimum Gasteiger partial charge on any atom is -0.479 e. The first kappa shape index (κ1) is 24.8. The first-order valence-electron chi connectivity index (χ1n) is 12.0. The molecule has 0 amide bonds. The molecular weight excluding hydrogens is 492 g/mol. The molecule has 186 valence electrons. The molecule has 0 spiro atoms. The fraction of sp³-hybridized carbons (Fsp3) is 0.310. The van der Waals surface area contributed by atoms with Gasteiger partial charge in [-0.2, -0.15) is 0 Å². The Morgan fingerprint density at radius 2 is 1.83 bits per heavy atom. The topological polar surface area (TPSA) is 62.7 Å². The van der Waals surface area contributed by atoms with Crippen molar-refractivity contribution in [3.63, 3.8) is 0 Å². The van der Waals surface area contributed by atoms with E-state index < -0.39 is 17.7 Å². The van der Waals surface area contributed by atoms with Gasteiger partial charge in [-0.15, -0.1) is 0 Å². The molecule has 1 aliphatic rings. The lowest BCUT2D eigenvalue weighted by Crippen LogP contribution is -2.30. The SMILES string of the molecule is Cc1cc2nc(N3CCc4ccccc4C3)sc2c(-c2ccc(Cl)cc2)c1[C@H](OC(C)(C)C)C(=O)O. The van der Waals surface area contributed by atoms with E-state index in [0.717, 1.165) is 51.5 Å². The van der Waals surface area contributed by atoms with Crippen LogP contribution in [0.4, 0.5) is 5.13 Å². The number of benzene rings is 3. The van der Waals surface area contributed by atoms with Crippen LogP contribution in [0.1, 0.15) is 49.1 Å². The zero-order valence-electron chi connectivity index (χ0n) is 20.8. The van der Waals surface area contributed by atoms with Crippen molar-refractivity contribution in [2.24, 2.45) is 0 Å². The molecule has 4 aromatic rings. The van der Waals surface area contributed by atoms with E-state index in [2.05, 4.69) is 29.2 Å². The number of hydrogen-bond donors (Lipinski definition) is 1. The van der Waals surface area contributed by atoms with Crippen LogP contribution in [0.5, 0.6) is 0 Å². The second-order valence-corrected chi connectivity index (χ2v) is 11.6. The number of aromatic nitrogens is 1. The fourth-order valence-electron chi connectivity index (χ4n) is 4.82. The predicted octanol–water partition coefficient (Wildman–Crippen LogP) is 7.43. The summed E-state index contributed by atoms with van der Waals surface area (Å²) in [6.07, 6.45) is -0.145. The van der Waals surface area contributed by atoms with Crippen LogP contribution in [-0.4, -0.2) is 28.2 Å². The predicted molar refractivity (Wildman–Crippen MR) is 147 cm³/mol. The van der Waals surface area contributed by atoms with Crippen molar-refractivity contribution in [2.45, 2.75) is 52.4 Å². The van der Waals surface area contributed by atoms with Crippen LogP contribution >= 0.6 is 22.9 Å². The van der Waals surface area contributed by atoms with Crippen LogP contribution in [0, 0.1) is 6.92 Å². The van der Waals surface area contributed by atoms with Crippen molar-refractivity contribution in [3.05, 3.63) is 81.9 Å². The number of carboxylic acids is 1. The van der Waals surface area contributed by atoms with Crippen molar-refractivity contribution in [1.29, 1.82) is 0 Å². The molecule has 1 atom stereocenters. The number of anilines is 1. The molecule has 0 fully saturated rings. The summed E-state index contributed by atoms with van der Waals surface area (Å²) >= 11 is 7.81. The Balaban J connectivity index is 1.69. The Morgan fingerprint density at radius 1 is 1.14 bits per heavy atom. The molecule has 1 N–H and O–H groups in total. The number of nitrogens with zero attached hydrogens (tertiary/aromatic N) is 2. The fourth-order valence-corrected chi connectivity index (χ4v) is 6.10. The Bertz CT molecular complexity index is 1440. The van der Waals surface area contributed by atoms with Gasteiger partial charge in [-0.1, -0.05) is 59.3 Å². The molecule has 7 heteroatoms. The summed E-state index contributed by atoms with van der Waals surface area (Å²) < 4.78 is 7.07. The number of thiazole rings is 1. The number of fused-ring (bicyclic) bond motifs is 2. The minimum absolute atomic E-state index is 0.627. The molecule has 0 radical (unpaired) electrons. The zero-order chi connectivity index (χ0) is 25.6. The maximum Gasteiger partial charge on any atom is 0.337 e. The molecule has 3 aromatic carbocycles. The van der Waals surface area contributed by atoms with Crippen molar-refractivity contribution >= 4 is 44.3 Å². The number of rotatable bonds is 5. The standard InChI is InChI=1S/C29H29ClN2O3S/c1-17-15-22-26(36-28(31-22)32-14-13-18-7-5-6-8-20(18)16-32)24(19-9-11-21(30)12-10-19)23(17)25(27(33)34)35-29(2,3)4/h5-12,15,25H,13-14,16H2,1-4H3,(H,33,34)/t25-/m0/s1. The van der Waals surface area contributed by atoms with E-state index in [1.54, 1.807) is 11.3 Å². The summed E-state index contributed by atoms with van der Waals surface area (Å²) in [4.78, 5) is 19.8. The number of ether oxygens (including phenoxy) is 1. The van der Waals surface area contributed by atoms with Gasteiger partial charge in [0.25, 0.3) is 0 Å². The van der Waals surface area contributed by atoms with Crippen LogP contribution in [0.25, 0.3) is 21.3 Å². The van der Waals surface area contributed by atoms with Gasteiger partial charge in [0.2, 0.25) is 0 Å². The van der Waals surface area contributed by atoms with Crippen LogP contribution in [0.2, 0.25) is 5.02 Å². The zero-order valence-corrected chi connectivity index (χ0v) is 22.4. The second-order valence-electron chi connectivity index (χ2n) is 10.2. The van der Waals surface area contributed by atoms with Gasteiger partial charge in [0.15, 0.2) is 11.2 Å². The van der Waals surface area contributed by atoms with Crippen molar-refractivity contribution in [1.82, 2.24) is 4.98 Å². The van der Waals surface area contributed by atoms with Gasteiger partial charge < -0.3 is 14.7 Å². The number of aryl methyl sites for hydroxylation is 1. The van der Waals surface area contributed by atoms with E-state index >= 15 is 0 Å². The van der Waals surface area contributed by atoms with E-state index in [9.17, 15) is 9.90 Å². The average molecular weight is 521 g/mol. The Hall–Kier alpha value is -2.93. The van der Waals surface area contributed by atoms with Gasteiger partial charge in [0, 0.05) is 29.2 Å². The van der Waals surface area contributed by atoms with E-state index in [0.29, 0.717) is 10.6 Å². The van der Waals surface area contributed by atoms with Gasteiger partial charge in [0.05, 0.1) is 15.8 Å². The molecule has 1 aromatic heterocycles. The highest BCUT2D eigenvalue weighted by atomic mass is 35.5. The molecule has 0 saturated heterocycles. The highest BCUT2D eigenvalue weighted by Gasteiger charge is 2.32. The van der Waals surface area contributed by atoms with Gasteiger partial charge >= 0.3 is 5.97 Å². The monoisotopic (exact) mass is 520 g/mol. The Labute approximate surface area is 220 Å². The van der Waals surface area contributed by atoms with E-state index in [-0.39, 0.29) is 0 Å². The highest BCUT2D eigenvalue weighted by molar-refractivity contribution is 7.22. The van der Waals surface area contributed by atoms with Gasteiger partial charge in [-0.3, -0.25) is 0 Å². The first-order valence-corrected chi connectivity index (χ1v) is 13.2. The lowest BCUT2D eigenvalue weighted by Gasteiger charge is -2.28. The van der Waals surface area contributed by atoms with Crippen molar-refractivity contribution in [3.8, 4) is 11.1 Å². The molecule has 0 unspecified atom stereocenters. The van der Waals surface area contributed by atoms with Crippen LogP contribution in [0.15, 0.2) is 54.6 Å². The maximum absolute atomic E-state index is 12.5. The third-order valence-electron chi connectivity index (χ3n) is 6.41. The third-order valence-corrected chi connectivity index (χ3v) is 7.81. The molecule has 2 heterocycles. The summed E-state index contributed by atoms with van der Waals surface area (Å²) in [5.41, 5.74) is 6.17. The molecule has 0 aliphatic carbocycles. The molecule has 36 heavy (non-hydrogen) atoms. The molecule has 0 bridgehead atoms. The molecular formula is C29H29ClN2O3S.